The van der Waals surface area contributed by atoms with Crippen LogP contribution in [0.2, 0.25) is 5.02 Å². The Bertz CT molecular complexity index is 454. The quantitative estimate of drug-likeness (QED) is 0.844. The highest BCUT2D eigenvalue weighted by Crippen LogP contribution is 2.39. The number of hydrogen-bond acceptors (Lipinski definition) is 5. The van der Waals surface area contributed by atoms with E-state index in [1.54, 1.807) is 11.8 Å². The van der Waals surface area contributed by atoms with Gasteiger partial charge in [0, 0.05) is 18.8 Å². The third kappa shape index (κ3) is 3.92. The highest BCUT2D eigenvalue weighted by atomic mass is 35.5. The van der Waals surface area contributed by atoms with Crippen molar-refractivity contribution in [2.45, 2.75) is 19.1 Å². The molecule has 1 aliphatic rings. The van der Waals surface area contributed by atoms with Gasteiger partial charge in [-0.15, -0.1) is 0 Å². The summed E-state index contributed by atoms with van der Waals surface area (Å²) in [5.41, 5.74) is 0.300. The summed E-state index contributed by atoms with van der Waals surface area (Å²) in [5, 5.41) is 13.8. The molecular weight excluding hydrogens is 286 g/mol. The molecule has 2 rings (SSSR count). The monoisotopic (exact) mass is 303 g/mol. The lowest BCUT2D eigenvalue weighted by molar-refractivity contribution is 0.0846. The molecule has 0 spiro atoms. The normalized spacial score (nSPS) is 16.4. The van der Waals surface area contributed by atoms with Crippen LogP contribution in [0.5, 0.6) is 11.5 Å². The van der Waals surface area contributed by atoms with E-state index in [9.17, 15) is 5.11 Å². The van der Waals surface area contributed by atoms with Crippen LogP contribution in [-0.2, 0) is 6.54 Å². The smallest absolute Gasteiger partial charge is 0.231 e. The van der Waals surface area contributed by atoms with E-state index >= 15 is 0 Å². The number of benzene rings is 1. The molecule has 0 aromatic heterocycles. The molecular formula is C13H18ClNO3S. The summed E-state index contributed by atoms with van der Waals surface area (Å²) in [6.07, 6.45) is 1.98. The average Bonchev–Trinajstić information content (AvgIpc) is 2.77. The van der Waals surface area contributed by atoms with Crippen LogP contribution in [0.3, 0.4) is 0 Å². The standard InChI is InChI=1S/C13H18ClNO3S/c1-13(16,7-19-2)6-15-5-9-3-10(14)12-11(4-9)17-8-18-12/h3-4,15-16H,5-8H2,1-2H3. The largest absolute Gasteiger partial charge is 0.454 e. The van der Waals surface area contributed by atoms with Crippen LogP contribution in [0.1, 0.15) is 12.5 Å². The second kappa shape index (κ2) is 6.22. The number of hydrogen-bond donors (Lipinski definition) is 2. The molecule has 2 N–H and O–H groups in total. The van der Waals surface area contributed by atoms with Gasteiger partial charge in [-0.2, -0.15) is 11.8 Å². The number of nitrogens with one attached hydrogen (secondary N) is 1. The third-order valence-electron chi connectivity index (χ3n) is 2.78. The molecule has 19 heavy (non-hydrogen) atoms. The number of ether oxygens (including phenoxy) is 2. The highest BCUT2D eigenvalue weighted by molar-refractivity contribution is 7.98. The van der Waals surface area contributed by atoms with E-state index in [0.717, 1.165) is 5.56 Å². The zero-order chi connectivity index (χ0) is 13.9. The minimum absolute atomic E-state index is 0.217. The summed E-state index contributed by atoms with van der Waals surface area (Å²) in [6, 6.07) is 3.76. The maximum Gasteiger partial charge on any atom is 0.231 e. The van der Waals surface area contributed by atoms with E-state index in [0.29, 0.717) is 35.4 Å². The molecule has 0 amide bonds. The molecule has 1 heterocycles. The number of fused-ring (bicyclic) bond motifs is 1. The maximum absolute atomic E-state index is 10.0. The van der Waals surface area contributed by atoms with Crippen LogP contribution < -0.4 is 14.8 Å². The van der Waals surface area contributed by atoms with Crippen LogP contribution in [0.4, 0.5) is 0 Å². The highest BCUT2D eigenvalue weighted by Gasteiger charge is 2.20. The molecule has 0 bridgehead atoms. The van der Waals surface area contributed by atoms with Gasteiger partial charge in [0.1, 0.15) is 0 Å². The van der Waals surface area contributed by atoms with Crippen molar-refractivity contribution < 1.29 is 14.6 Å². The number of aliphatic hydroxyl groups is 1. The summed E-state index contributed by atoms with van der Waals surface area (Å²) in [7, 11) is 0. The predicted octanol–water partition coefficient (Wildman–Crippen LogP) is 2.27. The van der Waals surface area contributed by atoms with Gasteiger partial charge in [0.2, 0.25) is 6.79 Å². The lowest BCUT2D eigenvalue weighted by Crippen LogP contribution is -2.39. The minimum Gasteiger partial charge on any atom is -0.454 e. The molecule has 0 aliphatic carbocycles. The van der Waals surface area contributed by atoms with Crippen molar-refractivity contribution in [1.82, 2.24) is 5.32 Å². The first-order chi connectivity index (χ1) is 9.02. The molecule has 1 aliphatic heterocycles. The summed E-state index contributed by atoms with van der Waals surface area (Å²) in [5.74, 6) is 1.99. The molecule has 0 saturated carbocycles. The SMILES string of the molecule is CSCC(C)(O)CNCc1cc(Cl)c2c(c1)OCO2. The first kappa shape index (κ1) is 14.8. The molecule has 106 valence electrons. The van der Waals surface area contributed by atoms with Crippen LogP contribution in [-0.4, -0.2) is 36.1 Å². The van der Waals surface area contributed by atoms with Crippen molar-refractivity contribution in [3.8, 4) is 11.5 Å². The van der Waals surface area contributed by atoms with Crippen molar-refractivity contribution in [3.05, 3.63) is 22.7 Å². The fourth-order valence-electron chi connectivity index (χ4n) is 1.96. The summed E-state index contributed by atoms with van der Waals surface area (Å²) < 4.78 is 10.6. The minimum atomic E-state index is -0.709. The predicted molar refractivity (Wildman–Crippen MR) is 78.3 cm³/mol. The first-order valence-electron chi connectivity index (χ1n) is 6.02. The third-order valence-corrected chi connectivity index (χ3v) is 3.97. The van der Waals surface area contributed by atoms with Crippen molar-refractivity contribution in [2.24, 2.45) is 0 Å². The van der Waals surface area contributed by atoms with Crippen molar-refractivity contribution in [3.63, 3.8) is 0 Å². The Hall–Kier alpha value is -0.620. The molecule has 0 radical (unpaired) electrons. The Morgan fingerprint density at radius 1 is 1.47 bits per heavy atom. The lowest BCUT2D eigenvalue weighted by atomic mass is 10.1. The van der Waals surface area contributed by atoms with Gasteiger partial charge in [-0.1, -0.05) is 11.6 Å². The topological polar surface area (TPSA) is 50.7 Å². The van der Waals surface area contributed by atoms with Gasteiger partial charge in [-0.3, -0.25) is 0 Å². The molecule has 0 fully saturated rings. The Morgan fingerprint density at radius 2 is 2.26 bits per heavy atom. The van der Waals surface area contributed by atoms with Gasteiger partial charge in [0.05, 0.1) is 10.6 Å². The zero-order valence-corrected chi connectivity index (χ0v) is 12.6. The molecule has 6 heteroatoms. The van der Waals surface area contributed by atoms with Crippen LogP contribution in [0, 0.1) is 0 Å². The fourth-order valence-corrected chi connectivity index (χ4v) is 2.97. The van der Waals surface area contributed by atoms with E-state index in [2.05, 4.69) is 5.32 Å². The number of thioether (sulfide) groups is 1. The fraction of sp³-hybridized carbons (Fsp3) is 0.538. The van der Waals surface area contributed by atoms with E-state index in [1.807, 2.05) is 25.3 Å². The molecule has 1 atom stereocenters. The van der Waals surface area contributed by atoms with Gasteiger partial charge < -0.3 is 19.9 Å². The Kier molecular flexibility index (Phi) is 4.84. The zero-order valence-electron chi connectivity index (χ0n) is 11.0. The second-order valence-corrected chi connectivity index (χ2v) is 6.12. The summed E-state index contributed by atoms with van der Waals surface area (Å²) in [4.78, 5) is 0. The number of halogens is 1. The molecule has 1 aromatic rings. The van der Waals surface area contributed by atoms with Crippen molar-refractivity contribution in [2.75, 3.05) is 25.3 Å². The van der Waals surface area contributed by atoms with E-state index in [1.165, 1.54) is 0 Å². The van der Waals surface area contributed by atoms with Crippen LogP contribution in [0.15, 0.2) is 12.1 Å². The van der Waals surface area contributed by atoms with Gasteiger partial charge in [0.15, 0.2) is 11.5 Å². The van der Waals surface area contributed by atoms with Gasteiger partial charge >= 0.3 is 0 Å². The average molecular weight is 304 g/mol. The van der Waals surface area contributed by atoms with Crippen LogP contribution in [0.25, 0.3) is 0 Å². The van der Waals surface area contributed by atoms with Gasteiger partial charge in [-0.25, -0.2) is 0 Å². The van der Waals surface area contributed by atoms with Crippen LogP contribution >= 0.6 is 23.4 Å². The first-order valence-corrected chi connectivity index (χ1v) is 7.79. The summed E-state index contributed by atoms with van der Waals surface area (Å²) >= 11 is 7.73. The Morgan fingerprint density at radius 3 is 3.00 bits per heavy atom. The second-order valence-electron chi connectivity index (χ2n) is 4.84. The van der Waals surface area contributed by atoms with E-state index in [4.69, 9.17) is 21.1 Å². The molecule has 1 aromatic carbocycles. The molecule has 4 nitrogen and oxygen atoms in total. The number of rotatable bonds is 6. The Labute approximate surface area is 122 Å². The van der Waals surface area contributed by atoms with Crippen molar-refractivity contribution in [1.29, 1.82) is 0 Å². The molecule has 0 saturated heterocycles. The Balaban J connectivity index is 1.92. The van der Waals surface area contributed by atoms with E-state index in [-0.39, 0.29) is 6.79 Å². The van der Waals surface area contributed by atoms with Gasteiger partial charge in [0.25, 0.3) is 0 Å². The molecule has 1 unspecified atom stereocenters. The summed E-state index contributed by atoms with van der Waals surface area (Å²) in [6.45, 7) is 3.19. The van der Waals surface area contributed by atoms with E-state index < -0.39 is 5.60 Å². The van der Waals surface area contributed by atoms with Crippen molar-refractivity contribution >= 4 is 23.4 Å². The lowest BCUT2D eigenvalue weighted by Gasteiger charge is -2.22. The maximum atomic E-state index is 10.0. The van der Waals surface area contributed by atoms with Gasteiger partial charge in [-0.05, 0) is 30.9 Å².